The van der Waals surface area contributed by atoms with Gasteiger partial charge in [-0.1, -0.05) is 24.8 Å². The summed E-state index contributed by atoms with van der Waals surface area (Å²) in [5.41, 5.74) is 13.6. The molecule has 5 N–H and O–H groups in total. The van der Waals surface area contributed by atoms with Crippen LogP contribution in [0.3, 0.4) is 0 Å². The van der Waals surface area contributed by atoms with Crippen molar-refractivity contribution in [2.45, 2.75) is 27.3 Å². The number of hydrogen-bond acceptors (Lipinski definition) is 3. The van der Waals surface area contributed by atoms with E-state index >= 15 is 0 Å². The summed E-state index contributed by atoms with van der Waals surface area (Å²) in [5, 5.41) is 6.65. The van der Waals surface area contributed by atoms with Crippen LogP contribution in [-0.2, 0) is 16.1 Å². The molecule has 1 heterocycles. The number of aromatic nitrogens is 1. The number of nitrogens with one attached hydrogen (secondary N) is 3. The number of aryl methyl sites for hydroxylation is 2. The van der Waals surface area contributed by atoms with E-state index in [0.717, 1.165) is 38.9 Å². The van der Waals surface area contributed by atoms with Gasteiger partial charge in [0.2, 0.25) is 6.41 Å². The topological polar surface area (TPSA) is 100 Å². The maximum Gasteiger partial charge on any atom is 0.250 e. The molecule has 28 heavy (non-hydrogen) atoms. The molecule has 1 aromatic heterocycles. The van der Waals surface area contributed by atoms with Crippen LogP contribution < -0.4 is 16.4 Å². The first-order valence-corrected chi connectivity index (χ1v) is 9.00. The molecule has 2 aromatic carbocycles. The zero-order valence-corrected chi connectivity index (χ0v) is 16.3. The van der Waals surface area contributed by atoms with E-state index in [4.69, 9.17) is 5.73 Å². The summed E-state index contributed by atoms with van der Waals surface area (Å²) in [4.78, 5) is 26.5. The fourth-order valence-electron chi connectivity index (χ4n) is 3.40. The average molecular weight is 376 g/mol. The van der Waals surface area contributed by atoms with Crippen LogP contribution in [0.5, 0.6) is 0 Å². The van der Waals surface area contributed by atoms with Gasteiger partial charge in [0.25, 0.3) is 5.91 Å². The van der Waals surface area contributed by atoms with Crippen molar-refractivity contribution in [2.75, 3.05) is 10.6 Å². The van der Waals surface area contributed by atoms with Crippen molar-refractivity contribution in [1.29, 1.82) is 0 Å². The highest BCUT2D eigenvalue weighted by Gasteiger charge is 2.18. The predicted molar refractivity (Wildman–Crippen MR) is 114 cm³/mol. The Hall–Kier alpha value is -3.38. The lowest BCUT2D eigenvalue weighted by Gasteiger charge is -2.16. The minimum Gasteiger partial charge on any atom is -0.357 e. The minimum atomic E-state index is -0.240. The van der Waals surface area contributed by atoms with Gasteiger partial charge in [-0.3, -0.25) is 9.59 Å². The molecule has 0 unspecified atom stereocenters. The van der Waals surface area contributed by atoms with E-state index in [1.807, 2.05) is 44.2 Å². The third-order valence-corrected chi connectivity index (χ3v) is 4.98. The summed E-state index contributed by atoms with van der Waals surface area (Å²) in [7, 11) is 0. The molecular formula is C22H24N4O2. The number of carbonyl (C=O) groups excluding carboxylic acids is 2. The third-order valence-electron chi connectivity index (χ3n) is 4.98. The van der Waals surface area contributed by atoms with Crippen LogP contribution in [0.2, 0.25) is 0 Å². The number of carbonyl (C=O) groups is 2. The predicted octanol–water partition coefficient (Wildman–Crippen LogP) is 3.99. The quantitative estimate of drug-likeness (QED) is 0.386. The number of benzene rings is 2. The van der Waals surface area contributed by atoms with E-state index < -0.39 is 0 Å². The molecule has 0 spiro atoms. The Labute approximate surface area is 163 Å². The molecule has 2 amide bonds. The van der Waals surface area contributed by atoms with E-state index in [-0.39, 0.29) is 12.5 Å². The standard InChI is InChI=1S/C22H24N4O2/c1-12(2)22(28)26-18-7-5-6-15(17(18)10-23)16-8-9-19(24-11-27)21-20(16)13(3)14(4)25-21/h5-9,11,25H,1,10,23H2,2-4H3,(H,24,27)(H,26,28). The van der Waals surface area contributed by atoms with E-state index in [1.54, 1.807) is 6.92 Å². The Morgan fingerprint density at radius 1 is 1.18 bits per heavy atom. The second kappa shape index (κ2) is 7.70. The van der Waals surface area contributed by atoms with Crippen LogP contribution in [0.15, 0.2) is 42.5 Å². The lowest BCUT2D eigenvalue weighted by atomic mass is 9.93. The first-order chi connectivity index (χ1) is 13.4. The number of rotatable bonds is 6. The van der Waals surface area contributed by atoms with Crippen molar-refractivity contribution in [3.8, 4) is 11.1 Å². The van der Waals surface area contributed by atoms with Crippen LogP contribution in [0, 0.1) is 13.8 Å². The number of anilines is 2. The minimum absolute atomic E-state index is 0.240. The smallest absolute Gasteiger partial charge is 0.250 e. The van der Waals surface area contributed by atoms with Gasteiger partial charge in [0.15, 0.2) is 0 Å². The molecule has 0 aliphatic heterocycles. The van der Waals surface area contributed by atoms with E-state index in [9.17, 15) is 9.59 Å². The van der Waals surface area contributed by atoms with Gasteiger partial charge in [0.1, 0.15) is 0 Å². The van der Waals surface area contributed by atoms with E-state index in [1.165, 1.54) is 0 Å². The average Bonchev–Trinajstić information content (AvgIpc) is 2.97. The number of aromatic amines is 1. The molecular weight excluding hydrogens is 352 g/mol. The largest absolute Gasteiger partial charge is 0.357 e. The van der Waals surface area contributed by atoms with Crippen molar-refractivity contribution in [3.63, 3.8) is 0 Å². The molecule has 0 aliphatic carbocycles. The Kier molecular flexibility index (Phi) is 5.33. The summed E-state index contributed by atoms with van der Waals surface area (Å²) < 4.78 is 0. The molecule has 0 atom stereocenters. The fraction of sp³-hybridized carbons (Fsp3) is 0.182. The van der Waals surface area contributed by atoms with Gasteiger partial charge in [-0.2, -0.15) is 0 Å². The molecule has 0 saturated heterocycles. The van der Waals surface area contributed by atoms with Gasteiger partial charge in [-0.25, -0.2) is 0 Å². The molecule has 6 nitrogen and oxygen atoms in total. The third kappa shape index (κ3) is 3.30. The first kappa shape index (κ1) is 19.4. The van der Waals surface area contributed by atoms with Crippen LogP contribution in [0.4, 0.5) is 11.4 Å². The lowest BCUT2D eigenvalue weighted by Crippen LogP contribution is -2.15. The Balaban J connectivity index is 2.25. The Morgan fingerprint density at radius 2 is 1.93 bits per heavy atom. The molecule has 0 fully saturated rings. The summed E-state index contributed by atoms with van der Waals surface area (Å²) in [6.45, 7) is 9.65. The summed E-state index contributed by atoms with van der Waals surface area (Å²) in [5.74, 6) is -0.240. The van der Waals surface area contributed by atoms with Crippen molar-refractivity contribution in [3.05, 3.63) is 59.3 Å². The van der Waals surface area contributed by atoms with Crippen LogP contribution >= 0.6 is 0 Å². The highest BCUT2D eigenvalue weighted by molar-refractivity contribution is 6.08. The van der Waals surface area contributed by atoms with Gasteiger partial charge < -0.3 is 21.4 Å². The number of fused-ring (bicyclic) bond motifs is 1. The second-order valence-corrected chi connectivity index (χ2v) is 6.82. The van der Waals surface area contributed by atoms with Gasteiger partial charge >= 0.3 is 0 Å². The fourth-order valence-corrected chi connectivity index (χ4v) is 3.40. The summed E-state index contributed by atoms with van der Waals surface area (Å²) in [6.07, 6.45) is 0.666. The zero-order valence-electron chi connectivity index (χ0n) is 16.3. The highest BCUT2D eigenvalue weighted by Crippen LogP contribution is 2.39. The van der Waals surface area contributed by atoms with Gasteiger partial charge in [-0.15, -0.1) is 0 Å². The molecule has 3 rings (SSSR count). The molecule has 144 valence electrons. The summed E-state index contributed by atoms with van der Waals surface area (Å²) in [6, 6.07) is 9.54. The SMILES string of the molecule is C=C(C)C(=O)Nc1cccc(-c2ccc(NC=O)c3[nH]c(C)c(C)c23)c1CN. The normalized spacial score (nSPS) is 10.7. The molecule has 0 saturated carbocycles. The Bertz CT molecular complexity index is 1100. The van der Waals surface area contributed by atoms with Crippen molar-refractivity contribution in [1.82, 2.24) is 4.98 Å². The van der Waals surface area contributed by atoms with Gasteiger partial charge in [0, 0.05) is 28.9 Å². The molecule has 6 heteroatoms. The highest BCUT2D eigenvalue weighted by atomic mass is 16.1. The number of nitrogens with two attached hydrogens (primary N) is 1. The van der Waals surface area contributed by atoms with Crippen molar-refractivity contribution >= 4 is 34.6 Å². The first-order valence-electron chi connectivity index (χ1n) is 9.00. The van der Waals surface area contributed by atoms with E-state index in [0.29, 0.717) is 23.4 Å². The van der Waals surface area contributed by atoms with E-state index in [2.05, 4.69) is 22.2 Å². The maximum atomic E-state index is 12.1. The number of amides is 2. The number of H-pyrrole nitrogens is 1. The zero-order chi connectivity index (χ0) is 20.4. The second-order valence-electron chi connectivity index (χ2n) is 6.82. The van der Waals surface area contributed by atoms with Gasteiger partial charge in [0.05, 0.1) is 11.2 Å². The Morgan fingerprint density at radius 3 is 2.57 bits per heavy atom. The maximum absolute atomic E-state index is 12.1. The lowest BCUT2D eigenvalue weighted by molar-refractivity contribution is -0.112. The molecule has 0 radical (unpaired) electrons. The van der Waals surface area contributed by atoms with Crippen molar-refractivity contribution < 1.29 is 9.59 Å². The monoisotopic (exact) mass is 376 g/mol. The van der Waals surface area contributed by atoms with Crippen LogP contribution in [0.25, 0.3) is 22.0 Å². The molecule has 0 aliphatic rings. The van der Waals surface area contributed by atoms with Crippen LogP contribution in [0.1, 0.15) is 23.7 Å². The number of hydrogen-bond donors (Lipinski definition) is 4. The molecule has 3 aromatic rings. The van der Waals surface area contributed by atoms with Crippen molar-refractivity contribution in [2.24, 2.45) is 5.73 Å². The van der Waals surface area contributed by atoms with Crippen LogP contribution in [-0.4, -0.2) is 17.3 Å². The molecule has 0 bridgehead atoms. The van der Waals surface area contributed by atoms with Gasteiger partial charge in [-0.05, 0) is 55.2 Å². The summed E-state index contributed by atoms with van der Waals surface area (Å²) >= 11 is 0.